The van der Waals surface area contributed by atoms with Gasteiger partial charge in [-0.05, 0) is 111 Å². The van der Waals surface area contributed by atoms with Crippen LogP contribution in [-0.2, 0) is 49.8 Å². The summed E-state index contributed by atoms with van der Waals surface area (Å²) in [7, 11) is 1.17. The van der Waals surface area contributed by atoms with Crippen LogP contribution in [0.15, 0.2) is 59.9 Å². The first-order valence-electron chi connectivity index (χ1n) is 24.0. The summed E-state index contributed by atoms with van der Waals surface area (Å²) >= 11 is 0. The third-order valence-electron chi connectivity index (χ3n) is 14.2. The van der Waals surface area contributed by atoms with Gasteiger partial charge in [0.15, 0.2) is 17.7 Å². The van der Waals surface area contributed by atoms with Crippen LogP contribution in [0.3, 0.4) is 0 Å². The minimum atomic E-state index is -3.95. The Kier molecular flexibility index (Phi) is 17.6. The molecule has 13 atom stereocenters. The number of hydrogen-bond acceptors (Lipinski definition) is 17. The monoisotopic (exact) mass is 984 g/mol. The fourth-order valence-corrected chi connectivity index (χ4v) is 11.3. The third-order valence-corrected chi connectivity index (χ3v) is 15.6. The minimum absolute atomic E-state index is 0.0103. The molecular formula is C48H73N9O11S. The van der Waals surface area contributed by atoms with Crippen molar-refractivity contribution >= 4 is 33.6 Å². The lowest BCUT2D eigenvalue weighted by atomic mass is 9.78. The molecule has 20 nitrogen and oxygen atoms in total. The number of nitrogens with one attached hydrogen (secondary N) is 2. The number of cyclic esters (lactones) is 1. The van der Waals surface area contributed by atoms with Gasteiger partial charge in [-0.15, -0.1) is 5.10 Å². The fourth-order valence-electron chi connectivity index (χ4n) is 10.3. The molecule has 21 heteroatoms. The molecule has 3 aliphatic heterocycles. The maximum Gasteiger partial charge on any atom is 0.410 e. The second-order valence-corrected chi connectivity index (χ2v) is 21.4. The maximum absolute atomic E-state index is 14.6. The van der Waals surface area contributed by atoms with Gasteiger partial charge < -0.3 is 44.7 Å². The summed E-state index contributed by atoms with van der Waals surface area (Å²) in [5.41, 5.74) is 5.68. The van der Waals surface area contributed by atoms with Gasteiger partial charge in [0.1, 0.15) is 28.7 Å². The summed E-state index contributed by atoms with van der Waals surface area (Å²) in [6, 6.07) is 8.94. The Hall–Kier alpha value is -4.61. The van der Waals surface area contributed by atoms with Crippen molar-refractivity contribution in [1.82, 2.24) is 39.8 Å². The van der Waals surface area contributed by atoms with Gasteiger partial charge in [0.25, 0.3) is 0 Å². The number of pyridine rings is 1. The van der Waals surface area contributed by atoms with Crippen molar-refractivity contribution in [3.8, 4) is 11.3 Å². The number of ether oxygens (including phenoxy) is 5. The molecule has 0 radical (unpaired) electrons. The predicted molar refractivity (Wildman–Crippen MR) is 256 cm³/mol. The quantitative estimate of drug-likeness (QED) is 0.0734. The highest BCUT2D eigenvalue weighted by Crippen LogP contribution is 2.40. The number of anilines is 1. The van der Waals surface area contributed by atoms with Gasteiger partial charge in [-0.1, -0.05) is 38.1 Å². The van der Waals surface area contributed by atoms with Gasteiger partial charge >= 0.3 is 12.1 Å². The van der Waals surface area contributed by atoms with Crippen LogP contribution < -0.4 is 15.8 Å². The van der Waals surface area contributed by atoms with Crippen molar-refractivity contribution in [2.75, 3.05) is 46.6 Å². The largest absolute Gasteiger partial charge is 0.458 e. The number of rotatable bonds is 15. The van der Waals surface area contributed by atoms with E-state index in [1.165, 1.54) is 38.6 Å². The van der Waals surface area contributed by atoms with E-state index in [2.05, 4.69) is 25.3 Å². The van der Waals surface area contributed by atoms with E-state index in [0.717, 1.165) is 5.56 Å². The van der Waals surface area contributed by atoms with Crippen LogP contribution in [0.5, 0.6) is 0 Å². The number of methoxy groups -OCH3 is 1. The molecule has 3 unspecified atom stereocenters. The number of amides is 1. The Morgan fingerprint density at radius 1 is 1.07 bits per heavy atom. The first kappa shape index (κ1) is 53.7. The molecule has 0 bridgehead atoms. The van der Waals surface area contributed by atoms with Crippen LogP contribution in [0.25, 0.3) is 11.3 Å². The van der Waals surface area contributed by atoms with Crippen LogP contribution in [0.2, 0.25) is 0 Å². The molecule has 6 rings (SSSR count). The smallest absolute Gasteiger partial charge is 0.410 e. The van der Waals surface area contributed by atoms with Crippen molar-refractivity contribution in [1.29, 1.82) is 0 Å². The van der Waals surface area contributed by atoms with Crippen molar-refractivity contribution in [2.24, 2.45) is 17.8 Å². The van der Waals surface area contributed by atoms with Crippen LogP contribution >= 0.6 is 0 Å². The number of carbonyl (C=O) groups excluding carboxylic acids is 3. The van der Waals surface area contributed by atoms with Gasteiger partial charge in [0, 0.05) is 68.4 Å². The summed E-state index contributed by atoms with van der Waals surface area (Å²) in [4.78, 5) is 50.2. The molecule has 0 saturated carbocycles. The van der Waals surface area contributed by atoms with E-state index in [0.29, 0.717) is 50.3 Å². The number of sulfonamides is 1. The van der Waals surface area contributed by atoms with Gasteiger partial charge in [-0.25, -0.2) is 17.9 Å². The molecule has 1 amide bonds. The van der Waals surface area contributed by atoms with Gasteiger partial charge in [-0.3, -0.25) is 24.2 Å². The molecule has 5 N–H and O–H groups in total. The Labute approximate surface area is 406 Å². The Morgan fingerprint density at radius 3 is 2.48 bits per heavy atom. The molecule has 0 spiro atoms. The predicted octanol–water partition coefficient (Wildman–Crippen LogP) is 3.64. The Morgan fingerprint density at radius 2 is 1.81 bits per heavy atom. The van der Waals surface area contributed by atoms with Crippen LogP contribution in [0, 0.1) is 17.8 Å². The average Bonchev–Trinajstić information content (AvgIpc) is 3.90. The van der Waals surface area contributed by atoms with Crippen LogP contribution in [0.1, 0.15) is 80.6 Å². The zero-order valence-corrected chi connectivity index (χ0v) is 42.4. The number of likely N-dealkylation sites (N-methyl/N-ethyl adjacent to an activating group) is 1. The van der Waals surface area contributed by atoms with Crippen molar-refractivity contribution in [3.05, 3.63) is 55.0 Å². The molecule has 0 aliphatic carbocycles. The number of nitrogen functional groups attached to an aromatic ring is 1. The second-order valence-electron chi connectivity index (χ2n) is 19.6. The number of Topliss-reactive ketones (excluding diaryl/α,β-unsaturated/α-hetero) is 1. The van der Waals surface area contributed by atoms with Gasteiger partial charge in [-0.2, -0.15) is 0 Å². The number of hydrogen-bond donors (Lipinski definition) is 4. The molecule has 3 aliphatic rings. The molecule has 3 aromatic rings. The number of aliphatic hydroxyl groups is 1. The lowest BCUT2D eigenvalue weighted by molar-refractivity contribution is -0.296. The number of aromatic nitrogens is 4. The fraction of sp³-hybridized carbons (Fsp3) is 0.667. The van der Waals surface area contributed by atoms with Crippen LogP contribution in [-0.4, -0.2) is 162 Å². The lowest BCUT2D eigenvalue weighted by Gasteiger charge is -2.47. The summed E-state index contributed by atoms with van der Waals surface area (Å²) in [5.74, 6) is -3.70. The summed E-state index contributed by atoms with van der Waals surface area (Å²) in [6.45, 7) is 13.8. The SMILES string of the molecule is CC[C@H]1OC(=O)[C@H](C)C(=O)[C@H](C)[C@@H](O[C@@H]2OC(CNS(=O)(=O)c3cccnc3)CC(N(C)C)C2O)[C@](C)(OC)C[C@@H](C)CN[C@H](C)[C@H]2N(CCCCn3cc(-c4cccc(N)c4)nn3)C(=O)O[C@]12C. The first-order valence-corrected chi connectivity index (χ1v) is 25.4. The normalized spacial score (nSPS) is 33.1. The highest BCUT2D eigenvalue weighted by atomic mass is 32.2. The van der Waals surface area contributed by atoms with E-state index in [-0.39, 0.29) is 36.2 Å². The number of unbranched alkanes of at least 4 members (excludes halogenated alkanes) is 1. The van der Waals surface area contributed by atoms with Crippen molar-refractivity contribution < 1.29 is 51.6 Å². The Balaban J connectivity index is 1.22. The number of nitrogens with two attached hydrogens (primary N) is 1. The number of ketones is 1. The number of fused-ring (bicyclic) bond motifs is 1. The highest BCUT2D eigenvalue weighted by Gasteiger charge is 2.59. The van der Waals surface area contributed by atoms with E-state index < -0.39 is 93.7 Å². The zero-order chi connectivity index (χ0) is 50.4. The van der Waals surface area contributed by atoms with Crippen molar-refractivity contribution in [2.45, 2.75) is 152 Å². The van der Waals surface area contributed by atoms with E-state index in [1.807, 2.05) is 63.1 Å². The number of aryl methyl sites for hydroxylation is 1. The number of esters is 1. The highest BCUT2D eigenvalue weighted by molar-refractivity contribution is 7.89. The number of carbonyl (C=O) groups is 3. The molecule has 382 valence electrons. The van der Waals surface area contributed by atoms with E-state index in [4.69, 9.17) is 29.4 Å². The van der Waals surface area contributed by atoms with E-state index >= 15 is 0 Å². The second kappa shape index (κ2) is 22.6. The molecule has 2 aromatic heterocycles. The van der Waals surface area contributed by atoms with Gasteiger partial charge in [0.2, 0.25) is 10.0 Å². The van der Waals surface area contributed by atoms with E-state index in [9.17, 15) is 27.9 Å². The molecule has 1 aromatic carbocycles. The number of benzene rings is 1. The number of nitrogens with zero attached hydrogens (tertiary/aromatic N) is 6. The standard InChI is InChI=1S/C48H73N9O11S/c1-11-39-48(7)42(57(46(61)68-48)21-13-12-20-56-28-37(53-54-56)33-16-14-17-34(49)22-33)32(5)51-25-29(2)24-47(6,64-10)43(30(3)40(58)31(4)44(60)66-39)67-45-41(59)38(55(8)9)23-35(65-45)26-52-69(62,63)36-18-15-19-50-27-36/h14-19,22,27-32,35,38-39,41-43,45,51-52,59H,11-13,20-21,23-26,49H2,1-10H3/t29-,30+,31-,32-,35?,38?,39-,41?,42-,43-,45+,47-,48-/m1/s1. The summed E-state index contributed by atoms with van der Waals surface area (Å²) in [6.07, 6.45) is 0.949. The molecule has 3 saturated heterocycles. The number of aliphatic hydroxyl groups excluding tert-OH is 1. The Bertz CT molecular complexity index is 2320. The molecule has 69 heavy (non-hydrogen) atoms. The third kappa shape index (κ3) is 12.3. The van der Waals surface area contributed by atoms with Crippen LogP contribution in [0.4, 0.5) is 10.5 Å². The van der Waals surface area contributed by atoms with Crippen molar-refractivity contribution in [3.63, 3.8) is 0 Å². The molecule has 3 fully saturated rings. The first-order chi connectivity index (χ1) is 32.6. The topological polar surface area (TPSA) is 252 Å². The molecule has 5 heterocycles. The lowest BCUT2D eigenvalue weighted by Crippen LogP contribution is -2.61. The summed E-state index contributed by atoms with van der Waals surface area (Å²) < 4.78 is 62.6. The van der Waals surface area contributed by atoms with E-state index in [1.54, 1.807) is 37.5 Å². The molecular weight excluding hydrogens is 911 g/mol. The zero-order valence-electron chi connectivity index (χ0n) is 41.6. The average molecular weight is 984 g/mol. The maximum atomic E-state index is 14.6. The minimum Gasteiger partial charge on any atom is -0.458 e. The summed E-state index contributed by atoms with van der Waals surface area (Å²) in [5, 5.41) is 24.1. The van der Waals surface area contributed by atoms with Gasteiger partial charge in [0.05, 0.1) is 30.0 Å².